The molecule has 0 aliphatic heterocycles. The molecule has 0 N–H and O–H groups in total. The molecule has 2 heteroatoms. The number of benzene rings is 3. The summed E-state index contributed by atoms with van der Waals surface area (Å²) in [5.41, 5.74) is 12.3. The Morgan fingerprint density at radius 2 is 1.56 bits per heavy atom. The second-order valence-electron chi connectivity index (χ2n) is 12.9. The van der Waals surface area contributed by atoms with Crippen molar-refractivity contribution in [2.24, 2.45) is 11.8 Å². The van der Waals surface area contributed by atoms with Crippen LogP contribution in [-0.2, 0) is 6.42 Å². The van der Waals surface area contributed by atoms with Crippen LogP contribution in [0.3, 0.4) is 0 Å². The number of aromatic nitrogens is 2. The summed E-state index contributed by atoms with van der Waals surface area (Å²) >= 11 is 0. The number of hydrogen-bond acceptors (Lipinski definition) is 0. The summed E-state index contributed by atoms with van der Waals surface area (Å²) in [5, 5.41) is 4.04. The van der Waals surface area contributed by atoms with Crippen molar-refractivity contribution in [2.45, 2.75) is 45.1 Å². The number of allylic oxidation sites excluding steroid dienone is 11. The average Bonchev–Trinajstić information content (AvgIpc) is 3.57. The molecule has 3 atom stereocenters. The van der Waals surface area contributed by atoms with E-state index < -0.39 is 0 Å². The zero-order chi connectivity index (χ0) is 28.5. The molecule has 210 valence electrons. The van der Waals surface area contributed by atoms with E-state index in [4.69, 9.17) is 0 Å². The quantitative estimate of drug-likeness (QED) is 0.209. The summed E-state index contributed by atoms with van der Waals surface area (Å²) in [6, 6.07) is 23.6. The first-order valence-electron chi connectivity index (χ1n) is 16.0. The van der Waals surface area contributed by atoms with Crippen LogP contribution in [0.1, 0.15) is 49.9 Å². The standard InChI is InChI=1S/C41H36N2/c1-27-10-9-11-28-18-21-32(26-35(27)28)43-39-17-8-6-15-34(39)37-25-30(20-23-41(37)43)29-19-22-40-36(24-29)33-14-5-7-16-38(33)42(40)31-12-3-2-4-13-31/h2-6,8-9,11-12,14-15,17-25,27,31,35H,7,10,13,16,26H2,1H3/t27-,31?,35?/m1/s1. The molecule has 0 spiro atoms. The van der Waals surface area contributed by atoms with E-state index in [-0.39, 0.29) is 0 Å². The third-order valence-corrected chi connectivity index (χ3v) is 10.4. The Balaban J connectivity index is 1.19. The van der Waals surface area contributed by atoms with Gasteiger partial charge in [-0.3, -0.25) is 0 Å². The number of hydrogen-bond donors (Lipinski definition) is 0. The van der Waals surface area contributed by atoms with Gasteiger partial charge in [-0.25, -0.2) is 0 Å². The summed E-state index contributed by atoms with van der Waals surface area (Å²) in [6.45, 7) is 2.41. The van der Waals surface area contributed by atoms with Crippen LogP contribution in [0.2, 0.25) is 0 Å². The van der Waals surface area contributed by atoms with Gasteiger partial charge in [-0.05, 0) is 97.0 Å². The predicted octanol–water partition coefficient (Wildman–Crippen LogP) is 10.8. The number of para-hydroxylation sites is 1. The normalized spacial score (nSPS) is 22.7. The highest BCUT2D eigenvalue weighted by Crippen LogP contribution is 2.43. The smallest absolute Gasteiger partial charge is 0.0557 e. The average molecular weight is 557 g/mol. The van der Waals surface area contributed by atoms with Crippen LogP contribution in [0, 0.1) is 11.8 Å². The lowest BCUT2D eigenvalue weighted by Gasteiger charge is -2.32. The minimum Gasteiger partial charge on any atom is -0.337 e. The second-order valence-corrected chi connectivity index (χ2v) is 12.9. The van der Waals surface area contributed by atoms with E-state index in [0.717, 1.165) is 25.7 Å². The predicted molar refractivity (Wildman–Crippen MR) is 183 cm³/mol. The van der Waals surface area contributed by atoms with Gasteiger partial charge < -0.3 is 9.13 Å². The van der Waals surface area contributed by atoms with Gasteiger partial charge in [-0.2, -0.15) is 0 Å². The molecule has 9 rings (SSSR count). The molecule has 0 radical (unpaired) electrons. The van der Waals surface area contributed by atoms with Crippen molar-refractivity contribution in [1.29, 1.82) is 0 Å². The molecule has 2 unspecified atom stereocenters. The van der Waals surface area contributed by atoms with Crippen molar-refractivity contribution >= 4 is 44.5 Å². The molecule has 2 heterocycles. The minimum absolute atomic E-state index is 0.392. The molecule has 0 saturated heterocycles. The van der Waals surface area contributed by atoms with Gasteiger partial charge in [0, 0.05) is 38.6 Å². The van der Waals surface area contributed by atoms with Crippen LogP contribution < -0.4 is 0 Å². The first-order valence-corrected chi connectivity index (χ1v) is 16.0. The van der Waals surface area contributed by atoms with Gasteiger partial charge >= 0.3 is 0 Å². The number of rotatable bonds is 3. The third-order valence-electron chi connectivity index (χ3n) is 10.4. The van der Waals surface area contributed by atoms with Crippen LogP contribution in [0.25, 0.3) is 55.6 Å². The van der Waals surface area contributed by atoms with Gasteiger partial charge in [0.2, 0.25) is 0 Å². The molecular formula is C41H36N2. The van der Waals surface area contributed by atoms with E-state index >= 15 is 0 Å². The maximum Gasteiger partial charge on any atom is 0.0557 e. The fraction of sp³-hybridized carbons (Fsp3) is 0.220. The Bertz CT molecular complexity index is 2130. The molecule has 0 amide bonds. The van der Waals surface area contributed by atoms with E-state index in [1.807, 2.05) is 0 Å². The van der Waals surface area contributed by atoms with E-state index in [1.54, 1.807) is 0 Å². The SMILES string of the molecule is C[C@@H]1CC=CC2=CC=C(n3c4ccccc4c4cc(-c5ccc6c(c5)c5c(n6C6C=CC=CC6)CCC=C5)ccc43)CC21. The van der Waals surface area contributed by atoms with Crippen LogP contribution in [0.4, 0.5) is 0 Å². The summed E-state index contributed by atoms with van der Waals surface area (Å²) in [4.78, 5) is 0. The van der Waals surface area contributed by atoms with Gasteiger partial charge in [-0.15, -0.1) is 0 Å². The van der Waals surface area contributed by atoms with Crippen LogP contribution in [0.5, 0.6) is 0 Å². The fourth-order valence-corrected chi connectivity index (χ4v) is 8.22. The lowest BCUT2D eigenvalue weighted by Crippen LogP contribution is -2.20. The molecule has 5 aromatic rings. The first-order chi connectivity index (χ1) is 21.2. The molecule has 43 heavy (non-hydrogen) atoms. The topological polar surface area (TPSA) is 9.86 Å². The maximum atomic E-state index is 2.61. The Kier molecular flexibility index (Phi) is 5.66. The molecule has 2 aromatic heterocycles. The van der Waals surface area contributed by atoms with Crippen molar-refractivity contribution in [3.63, 3.8) is 0 Å². The molecule has 0 bridgehead atoms. The lowest BCUT2D eigenvalue weighted by atomic mass is 9.76. The maximum absolute atomic E-state index is 2.61. The van der Waals surface area contributed by atoms with E-state index in [2.05, 4.69) is 137 Å². The largest absolute Gasteiger partial charge is 0.337 e. The minimum atomic E-state index is 0.392. The third kappa shape index (κ3) is 3.86. The Morgan fingerprint density at radius 1 is 0.721 bits per heavy atom. The summed E-state index contributed by atoms with van der Waals surface area (Å²) < 4.78 is 5.14. The Morgan fingerprint density at radius 3 is 2.44 bits per heavy atom. The zero-order valence-corrected chi connectivity index (χ0v) is 24.7. The monoisotopic (exact) mass is 556 g/mol. The van der Waals surface area contributed by atoms with Gasteiger partial charge in [0.05, 0.1) is 17.1 Å². The Labute approximate surface area is 253 Å². The summed E-state index contributed by atoms with van der Waals surface area (Å²) in [5.74, 6) is 1.27. The van der Waals surface area contributed by atoms with Gasteiger partial charge in [0.15, 0.2) is 0 Å². The Hall–Kier alpha value is -4.56. The summed E-state index contributed by atoms with van der Waals surface area (Å²) in [7, 11) is 0. The van der Waals surface area contributed by atoms with Crippen LogP contribution >= 0.6 is 0 Å². The first kappa shape index (κ1) is 25.0. The highest BCUT2D eigenvalue weighted by molar-refractivity contribution is 6.11. The lowest BCUT2D eigenvalue weighted by molar-refractivity contribution is 0.410. The van der Waals surface area contributed by atoms with Crippen molar-refractivity contribution in [3.05, 3.63) is 132 Å². The molecule has 0 fully saturated rings. The van der Waals surface area contributed by atoms with Gasteiger partial charge in [0.25, 0.3) is 0 Å². The molecule has 3 aromatic carbocycles. The highest BCUT2D eigenvalue weighted by Gasteiger charge is 2.28. The number of nitrogens with zero attached hydrogens (tertiary/aromatic N) is 2. The summed E-state index contributed by atoms with van der Waals surface area (Å²) in [6.07, 6.45) is 28.7. The van der Waals surface area contributed by atoms with Crippen molar-refractivity contribution in [1.82, 2.24) is 9.13 Å². The van der Waals surface area contributed by atoms with Crippen molar-refractivity contribution in [2.75, 3.05) is 0 Å². The van der Waals surface area contributed by atoms with Crippen molar-refractivity contribution in [3.8, 4) is 11.1 Å². The highest BCUT2D eigenvalue weighted by atomic mass is 15.0. The van der Waals surface area contributed by atoms with Crippen LogP contribution in [-0.4, -0.2) is 9.13 Å². The van der Waals surface area contributed by atoms with Crippen LogP contribution in [0.15, 0.2) is 121 Å². The van der Waals surface area contributed by atoms with E-state index in [1.165, 1.54) is 72.8 Å². The molecule has 4 aliphatic rings. The van der Waals surface area contributed by atoms with E-state index in [9.17, 15) is 0 Å². The second kappa shape index (κ2) is 9.74. The van der Waals surface area contributed by atoms with E-state index in [0.29, 0.717) is 17.9 Å². The van der Waals surface area contributed by atoms with Gasteiger partial charge in [0.1, 0.15) is 0 Å². The zero-order valence-electron chi connectivity index (χ0n) is 24.7. The number of fused-ring (bicyclic) bond motifs is 7. The molecule has 0 saturated carbocycles. The molecular weight excluding hydrogens is 520 g/mol. The molecule has 2 nitrogen and oxygen atoms in total. The van der Waals surface area contributed by atoms with Gasteiger partial charge in [-0.1, -0.05) is 91.9 Å². The van der Waals surface area contributed by atoms with Crippen molar-refractivity contribution < 1.29 is 0 Å². The molecule has 4 aliphatic carbocycles. The fourth-order valence-electron chi connectivity index (χ4n) is 8.22.